The molecule has 11 aromatic rings. The summed E-state index contributed by atoms with van der Waals surface area (Å²) in [6.45, 7) is 0. The van der Waals surface area contributed by atoms with Crippen LogP contribution in [0.1, 0.15) is 0 Å². The predicted octanol–water partition coefficient (Wildman–Crippen LogP) is 13.4. The number of benzene rings is 8. The zero-order chi connectivity index (χ0) is 35.6. The number of nitrogens with zero attached hydrogens (tertiary/aromatic N) is 3. The van der Waals surface area contributed by atoms with E-state index in [9.17, 15) is 0 Å². The third-order valence-corrected chi connectivity index (χ3v) is 10.9. The van der Waals surface area contributed by atoms with Gasteiger partial charge in [-0.3, -0.25) is 4.57 Å². The topological polar surface area (TPSA) is 22.8 Å². The standard InChI is InChI=1S/C51H33N3/c1-3-13-34(14-4-1)35-23-25-36(26-24-35)51-41-18-8-7-15-39(41)33-50(52-51)54-47-22-12-10-20-43(47)45-32-38(28-30-49(45)54)37-27-29-48-44(31-37)42-19-9-11-21-46(42)53(48)40-16-5-2-6-17-40/h1-33H. The number of rotatable bonds is 5. The summed E-state index contributed by atoms with van der Waals surface area (Å²) in [5.74, 6) is 0.907. The Hall–Kier alpha value is -7.23. The number of hydrogen-bond donors (Lipinski definition) is 0. The normalized spacial score (nSPS) is 11.7. The molecule has 0 saturated carbocycles. The largest absolute Gasteiger partial charge is 0.309 e. The molecule has 11 rings (SSSR count). The summed E-state index contributed by atoms with van der Waals surface area (Å²) < 4.78 is 4.70. The van der Waals surface area contributed by atoms with Gasteiger partial charge in [0.05, 0.1) is 27.8 Å². The molecule has 252 valence electrons. The molecule has 0 N–H and O–H groups in total. The van der Waals surface area contributed by atoms with Crippen LogP contribution in [0.25, 0.3) is 99.4 Å². The van der Waals surface area contributed by atoms with E-state index in [1.165, 1.54) is 60.5 Å². The third-order valence-electron chi connectivity index (χ3n) is 10.9. The molecule has 54 heavy (non-hydrogen) atoms. The molecule has 0 saturated heterocycles. The highest BCUT2D eigenvalue weighted by molar-refractivity contribution is 6.13. The average molecular weight is 688 g/mol. The smallest absolute Gasteiger partial charge is 0.138 e. The van der Waals surface area contributed by atoms with Gasteiger partial charge in [-0.05, 0) is 82.2 Å². The van der Waals surface area contributed by atoms with Crippen LogP contribution in [0.3, 0.4) is 0 Å². The molecule has 8 aromatic carbocycles. The summed E-state index contributed by atoms with van der Waals surface area (Å²) in [4.78, 5) is 5.45. The minimum absolute atomic E-state index is 0.907. The Kier molecular flexibility index (Phi) is 6.86. The van der Waals surface area contributed by atoms with Crippen molar-refractivity contribution in [3.05, 3.63) is 200 Å². The molecule has 0 atom stereocenters. The highest BCUT2D eigenvalue weighted by atomic mass is 15.1. The molecule has 0 fully saturated rings. The van der Waals surface area contributed by atoms with Crippen molar-refractivity contribution in [1.29, 1.82) is 0 Å². The van der Waals surface area contributed by atoms with Crippen LogP contribution in [0.15, 0.2) is 200 Å². The first-order valence-corrected chi connectivity index (χ1v) is 18.5. The average Bonchev–Trinajstić information content (AvgIpc) is 3.76. The first-order chi connectivity index (χ1) is 26.8. The zero-order valence-electron chi connectivity index (χ0n) is 29.4. The van der Waals surface area contributed by atoms with Crippen molar-refractivity contribution in [3.8, 4) is 45.0 Å². The van der Waals surface area contributed by atoms with Crippen molar-refractivity contribution < 1.29 is 0 Å². The Morgan fingerprint density at radius 2 is 0.759 bits per heavy atom. The van der Waals surface area contributed by atoms with E-state index < -0.39 is 0 Å². The minimum atomic E-state index is 0.907. The van der Waals surface area contributed by atoms with Gasteiger partial charge in [-0.2, -0.15) is 0 Å². The fourth-order valence-electron chi connectivity index (χ4n) is 8.38. The number of para-hydroxylation sites is 3. The molecular formula is C51H33N3. The van der Waals surface area contributed by atoms with E-state index >= 15 is 0 Å². The first-order valence-electron chi connectivity index (χ1n) is 18.5. The summed E-state index contributed by atoms with van der Waals surface area (Å²) in [6.07, 6.45) is 0. The van der Waals surface area contributed by atoms with Crippen LogP contribution in [0.5, 0.6) is 0 Å². The lowest BCUT2D eigenvalue weighted by atomic mass is 10.00. The summed E-state index contributed by atoms with van der Waals surface area (Å²) in [5, 5.41) is 7.22. The van der Waals surface area contributed by atoms with Gasteiger partial charge < -0.3 is 4.57 Å². The lowest BCUT2D eigenvalue weighted by Crippen LogP contribution is -2.00. The second-order valence-corrected chi connectivity index (χ2v) is 14.0. The molecule has 3 aromatic heterocycles. The van der Waals surface area contributed by atoms with Crippen LogP contribution in [-0.2, 0) is 0 Å². The highest BCUT2D eigenvalue weighted by Gasteiger charge is 2.18. The molecule has 0 bridgehead atoms. The van der Waals surface area contributed by atoms with E-state index in [0.29, 0.717) is 0 Å². The molecule has 0 spiro atoms. The van der Waals surface area contributed by atoms with Crippen molar-refractivity contribution in [2.75, 3.05) is 0 Å². The van der Waals surface area contributed by atoms with Crippen LogP contribution >= 0.6 is 0 Å². The van der Waals surface area contributed by atoms with Crippen LogP contribution < -0.4 is 0 Å². The van der Waals surface area contributed by atoms with Crippen molar-refractivity contribution in [1.82, 2.24) is 14.1 Å². The van der Waals surface area contributed by atoms with Gasteiger partial charge in [-0.15, -0.1) is 0 Å². The molecular weight excluding hydrogens is 655 g/mol. The van der Waals surface area contributed by atoms with Crippen molar-refractivity contribution in [2.24, 2.45) is 0 Å². The zero-order valence-corrected chi connectivity index (χ0v) is 29.4. The maximum Gasteiger partial charge on any atom is 0.138 e. The van der Waals surface area contributed by atoms with Crippen LogP contribution in [0, 0.1) is 0 Å². The van der Waals surface area contributed by atoms with E-state index in [2.05, 4.69) is 209 Å². The molecule has 0 unspecified atom stereocenters. The Morgan fingerprint density at radius 3 is 1.43 bits per heavy atom. The van der Waals surface area contributed by atoms with E-state index in [1.54, 1.807) is 0 Å². The quantitative estimate of drug-likeness (QED) is 0.177. The number of pyridine rings is 1. The Morgan fingerprint density at radius 1 is 0.296 bits per heavy atom. The van der Waals surface area contributed by atoms with Gasteiger partial charge in [-0.25, -0.2) is 4.98 Å². The molecule has 0 amide bonds. The Balaban J connectivity index is 1.07. The Bertz CT molecular complexity index is 3190. The van der Waals surface area contributed by atoms with Crippen molar-refractivity contribution in [3.63, 3.8) is 0 Å². The van der Waals surface area contributed by atoms with Gasteiger partial charge >= 0.3 is 0 Å². The summed E-state index contributed by atoms with van der Waals surface area (Å²) >= 11 is 0. The van der Waals surface area contributed by atoms with Crippen LogP contribution in [0.4, 0.5) is 0 Å². The van der Waals surface area contributed by atoms with Crippen LogP contribution in [0.2, 0.25) is 0 Å². The molecule has 0 aliphatic heterocycles. The minimum Gasteiger partial charge on any atom is -0.309 e. The fourth-order valence-corrected chi connectivity index (χ4v) is 8.38. The van der Waals surface area contributed by atoms with Gasteiger partial charge in [0.2, 0.25) is 0 Å². The Labute approximate surface area is 312 Å². The molecule has 0 aliphatic rings. The molecule has 3 heterocycles. The maximum absolute atomic E-state index is 5.45. The SMILES string of the molecule is c1ccc(-c2ccc(-c3nc(-n4c5ccccc5c5cc(-c6ccc7c(c6)c6ccccc6n7-c6ccccc6)ccc54)cc4ccccc34)cc2)cc1. The number of fused-ring (bicyclic) bond motifs is 7. The van der Waals surface area contributed by atoms with E-state index in [4.69, 9.17) is 4.98 Å². The lowest BCUT2D eigenvalue weighted by Gasteiger charge is -2.13. The monoisotopic (exact) mass is 687 g/mol. The van der Waals surface area contributed by atoms with Gasteiger partial charge in [0, 0.05) is 38.2 Å². The van der Waals surface area contributed by atoms with Crippen molar-refractivity contribution >= 4 is 54.4 Å². The third kappa shape index (κ3) is 4.79. The number of aromatic nitrogens is 3. The molecule has 0 radical (unpaired) electrons. The maximum atomic E-state index is 5.45. The van der Waals surface area contributed by atoms with E-state index in [-0.39, 0.29) is 0 Å². The number of hydrogen-bond acceptors (Lipinski definition) is 1. The fraction of sp³-hybridized carbons (Fsp3) is 0. The first kappa shape index (κ1) is 30.4. The second kappa shape index (κ2) is 12.2. The molecule has 3 nitrogen and oxygen atoms in total. The summed E-state index contributed by atoms with van der Waals surface area (Å²) in [6, 6.07) is 72.0. The summed E-state index contributed by atoms with van der Waals surface area (Å²) in [7, 11) is 0. The predicted molar refractivity (Wildman–Crippen MR) is 227 cm³/mol. The molecule has 3 heteroatoms. The van der Waals surface area contributed by atoms with E-state index in [0.717, 1.165) is 38.9 Å². The van der Waals surface area contributed by atoms with Crippen LogP contribution in [-0.4, -0.2) is 14.1 Å². The van der Waals surface area contributed by atoms with Gasteiger partial charge in [-0.1, -0.05) is 146 Å². The lowest BCUT2D eigenvalue weighted by molar-refractivity contribution is 1.09. The van der Waals surface area contributed by atoms with E-state index in [1.807, 2.05) is 0 Å². The second-order valence-electron chi connectivity index (χ2n) is 14.0. The van der Waals surface area contributed by atoms with Gasteiger partial charge in [0.25, 0.3) is 0 Å². The molecule has 0 aliphatic carbocycles. The highest BCUT2D eigenvalue weighted by Crippen LogP contribution is 2.39. The van der Waals surface area contributed by atoms with Crippen molar-refractivity contribution in [2.45, 2.75) is 0 Å². The summed E-state index contributed by atoms with van der Waals surface area (Å²) in [5.41, 5.74) is 12.7. The van der Waals surface area contributed by atoms with Gasteiger partial charge in [0.15, 0.2) is 0 Å². The van der Waals surface area contributed by atoms with Gasteiger partial charge in [0.1, 0.15) is 5.82 Å².